The lowest BCUT2D eigenvalue weighted by Crippen LogP contribution is -2.18. The van der Waals surface area contributed by atoms with E-state index in [0.29, 0.717) is 21.3 Å². The molecular weight excluding hydrogens is 390 g/mol. The number of alkyl halides is 1. The number of carbonyl (C=O) groups excluding carboxylic acids is 1. The quantitative estimate of drug-likeness (QED) is 0.614. The molecule has 0 amide bonds. The fraction of sp³-hybridized carbons (Fsp3) is 0.214. The summed E-state index contributed by atoms with van der Waals surface area (Å²) in [6, 6.07) is 8.31. The molecule has 1 aromatic carbocycles. The molecular formula is C14H14BrNO4S2. The molecule has 0 saturated carbocycles. The van der Waals surface area contributed by atoms with E-state index in [9.17, 15) is 13.2 Å². The van der Waals surface area contributed by atoms with Gasteiger partial charge >= 0.3 is 5.97 Å². The number of thiophene rings is 1. The molecule has 1 aromatic heterocycles. The fourth-order valence-electron chi connectivity index (χ4n) is 1.92. The highest BCUT2D eigenvalue weighted by Crippen LogP contribution is 2.34. The van der Waals surface area contributed by atoms with Crippen molar-refractivity contribution in [3.8, 4) is 11.1 Å². The number of carbonyl (C=O) groups is 1. The van der Waals surface area contributed by atoms with Crippen molar-refractivity contribution in [1.82, 2.24) is 4.72 Å². The van der Waals surface area contributed by atoms with Gasteiger partial charge in [0.05, 0.1) is 12.0 Å². The smallest absolute Gasteiger partial charge is 0.348 e. The number of methoxy groups -OCH3 is 1. The molecule has 0 radical (unpaired) electrons. The number of esters is 1. The maximum atomic E-state index is 11.9. The predicted octanol–water partition coefficient (Wildman–Crippen LogP) is 3.00. The molecule has 0 spiro atoms. The summed E-state index contributed by atoms with van der Waals surface area (Å²) in [6.07, 6.45) is 0. The van der Waals surface area contributed by atoms with Gasteiger partial charge in [0.25, 0.3) is 0 Å². The monoisotopic (exact) mass is 403 g/mol. The van der Waals surface area contributed by atoms with Crippen molar-refractivity contribution in [2.45, 2.75) is 10.2 Å². The summed E-state index contributed by atoms with van der Waals surface area (Å²) in [5.41, 5.74) is 1.32. The summed E-state index contributed by atoms with van der Waals surface area (Å²) in [6.45, 7) is 0. The van der Waals surface area contributed by atoms with Crippen molar-refractivity contribution in [2.75, 3.05) is 14.2 Å². The van der Waals surface area contributed by atoms with Crippen LogP contribution in [-0.4, -0.2) is 28.5 Å². The van der Waals surface area contributed by atoms with E-state index in [4.69, 9.17) is 4.74 Å². The zero-order valence-electron chi connectivity index (χ0n) is 11.9. The van der Waals surface area contributed by atoms with Gasteiger partial charge in [0.15, 0.2) is 0 Å². The van der Waals surface area contributed by atoms with Gasteiger partial charge in [0, 0.05) is 15.8 Å². The Hall–Kier alpha value is -1.22. The second-order valence-electron chi connectivity index (χ2n) is 4.32. The van der Waals surface area contributed by atoms with Crippen LogP contribution in [0.15, 0.2) is 35.2 Å². The summed E-state index contributed by atoms with van der Waals surface area (Å²) >= 11 is 4.68. The van der Waals surface area contributed by atoms with Crippen LogP contribution < -0.4 is 4.72 Å². The third-order valence-electron chi connectivity index (χ3n) is 3.01. The second-order valence-corrected chi connectivity index (χ2v) is 7.90. The van der Waals surface area contributed by atoms with E-state index in [1.165, 1.54) is 31.6 Å². The van der Waals surface area contributed by atoms with Gasteiger partial charge in [-0.15, -0.1) is 11.3 Å². The van der Waals surface area contributed by atoms with Gasteiger partial charge in [0.2, 0.25) is 10.0 Å². The van der Waals surface area contributed by atoms with Crippen molar-refractivity contribution in [3.63, 3.8) is 0 Å². The minimum Gasteiger partial charge on any atom is -0.465 e. The molecule has 2 rings (SSSR count). The first-order valence-electron chi connectivity index (χ1n) is 6.24. The van der Waals surface area contributed by atoms with Crippen LogP contribution in [-0.2, 0) is 20.1 Å². The summed E-state index contributed by atoms with van der Waals surface area (Å²) in [7, 11) is -0.861. The third-order valence-corrected chi connectivity index (χ3v) is 6.51. The van der Waals surface area contributed by atoms with Gasteiger partial charge < -0.3 is 4.74 Å². The van der Waals surface area contributed by atoms with E-state index in [1.807, 2.05) is 6.07 Å². The highest BCUT2D eigenvalue weighted by atomic mass is 79.9. The molecule has 0 fully saturated rings. The Morgan fingerprint density at radius 1 is 1.36 bits per heavy atom. The Labute approximate surface area is 141 Å². The number of hydrogen-bond donors (Lipinski definition) is 1. The van der Waals surface area contributed by atoms with Gasteiger partial charge in [-0.25, -0.2) is 17.9 Å². The van der Waals surface area contributed by atoms with Gasteiger partial charge in [-0.2, -0.15) is 0 Å². The zero-order chi connectivity index (χ0) is 16.3. The molecule has 22 heavy (non-hydrogen) atoms. The summed E-state index contributed by atoms with van der Waals surface area (Å²) < 4.78 is 30.9. The average molecular weight is 404 g/mol. The first kappa shape index (κ1) is 17.1. The molecule has 1 heterocycles. The van der Waals surface area contributed by atoms with E-state index < -0.39 is 16.0 Å². The number of halogens is 1. The van der Waals surface area contributed by atoms with Crippen LogP contribution in [0.5, 0.6) is 0 Å². The van der Waals surface area contributed by atoms with Crippen molar-refractivity contribution in [2.24, 2.45) is 0 Å². The van der Waals surface area contributed by atoms with Crippen LogP contribution in [0, 0.1) is 0 Å². The lowest BCUT2D eigenvalue weighted by atomic mass is 10.1. The second kappa shape index (κ2) is 6.91. The van der Waals surface area contributed by atoms with Crippen LogP contribution in [0.25, 0.3) is 11.1 Å². The molecule has 0 atom stereocenters. The minimum atomic E-state index is -3.54. The lowest BCUT2D eigenvalue weighted by Gasteiger charge is -2.06. The van der Waals surface area contributed by atoms with Gasteiger partial charge in [-0.1, -0.05) is 28.1 Å². The van der Waals surface area contributed by atoms with Crippen LogP contribution in [0.3, 0.4) is 0 Å². The number of ether oxygens (including phenoxy) is 1. The Balaban J connectivity index is 2.59. The lowest BCUT2D eigenvalue weighted by molar-refractivity contribution is 0.0607. The molecule has 0 saturated heterocycles. The first-order valence-corrected chi connectivity index (χ1v) is 9.66. The predicted molar refractivity (Wildman–Crippen MR) is 90.0 cm³/mol. The molecule has 0 aliphatic carbocycles. The van der Waals surface area contributed by atoms with E-state index in [-0.39, 0.29) is 4.90 Å². The minimum absolute atomic E-state index is 0.148. The molecule has 5 nitrogen and oxygen atoms in total. The summed E-state index contributed by atoms with van der Waals surface area (Å²) in [5, 5.41) is 0.607. The molecule has 0 unspecified atom stereocenters. The molecule has 0 bridgehead atoms. The maximum Gasteiger partial charge on any atom is 0.348 e. The Morgan fingerprint density at radius 2 is 2.09 bits per heavy atom. The van der Waals surface area contributed by atoms with Crippen LogP contribution in [0.2, 0.25) is 0 Å². The van der Waals surface area contributed by atoms with Crippen LogP contribution >= 0.6 is 27.3 Å². The normalized spacial score (nSPS) is 11.4. The molecule has 8 heteroatoms. The number of benzene rings is 1. The average Bonchev–Trinajstić information content (AvgIpc) is 2.98. The molecule has 0 aliphatic heterocycles. The third kappa shape index (κ3) is 3.40. The maximum absolute atomic E-state index is 11.9. The number of nitrogens with one attached hydrogen (secondary N) is 1. The van der Waals surface area contributed by atoms with Crippen molar-refractivity contribution >= 4 is 43.3 Å². The summed E-state index contributed by atoms with van der Waals surface area (Å²) in [4.78, 5) is 13.5. The van der Waals surface area contributed by atoms with Crippen molar-refractivity contribution in [3.05, 3.63) is 40.1 Å². The van der Waals surface area contributed by atoms with E-state index in [1.54, 1.807) is 18.2 Å². The van der Waals surface area contributed by atoms with Crippen molar-refractivity contribution < 1.29 is 17.9 Å². The topological polar surface area (TPSA) is 72.5 Å². The van der Waals surface area contributed by atoms with Gasteiger partial charge in [-0.3, -0.25) is 0 Å². The Morgan fingerprint density at radius 3 is 2.68 bits per heavy atom. The van der Waals surface area contributed by atoms with E-state index in [0.717, 1.165) is 4.88 Å². The zero-order valence-corrected chi connectivity index (χ0v) is 15.1. The van der Waals surface area contributed by atoms with Gasteiger partial charge in [0.1, 0.15) is 4.88 Å². The fourth-order valence-corrected chi connectivity index (χ4v) is 4.14. The largest absolute Gasteiger partial charge is 0.465 e. The molecule has 0 aliphatic rings. The molecule has 1 N–H and O–H groups in total. The Bertz CT molecular complexity index is 799. The number of sulfonamides is 1. The number of hydrogen-bond acceptors (Lipinski definition) is 5. The first-order chi connectivity index (χ1) is 10.4. The van der Waals surface area contributed by atoms with Crippen LogP contribution in [0.4, 0.5) is 0 Å². The van der Waals surface area contributed by atoms with Gasteiger partial charge in [-0.05, 0) is 30.8 Å². The highest BCUT2D eigenvalue weighted by Gasteiger charge is 2.19. The van der Waals surface area contributed by atoms with Crippen molar-refractivity contribution in [1.29, 1.82) is 0 Å². The SMILES string of the molecule is CNS(=O)(=O)c1cccc(-c2cc(CBr)sc2C(=O)OC)c1. The molecule has 2 aromatic rings. The van der Waals surface area contributed by atoms with E-state index in [2.05, 4.69) is 20.7 Å². The number of rotatable bonds is 5. The summed E-state index contributed by atoms with van der Waals surface area (Å²) in [5.74, 6) is -0.436. The van der Waals surface area contributed by atoms with Crippen LogP contribution in [0.1, 0.15) is 14.5 Å². The molecule has 118 valence electrons. The van der Waals surface area contributed by atoms with E-state index >= 15 is 0 Å². The standard InChI is InChI=1S/C14H14BrNO4S2/c1-16-22(18,19)11-5-3-4-9(6-11)12-7-10(8-15)21-13(12)14(17)20-2/h3-7,16H,8H2,1-2H3. The Kier molecular flexibility index (Phi) is 5.38. The highest BCUT2D eigenvalue weighted by molar-refractivity contribution is 9.08.